The van der Waals surface area contributed by atoms with Crippen LogP contribution >= 0.6 is 0 Å². The number of pyridine rings is 1. The first-order valence-corrected chi connectivity index (χ1v) is 3.98. The van der Waals surface area contributed by atoms with Crippen molar-refractivity contribution in [2.45, 2.75) is 12.8 Å². The van der Waals surface area contributed by atoms with Gasteiger partial charge in [-0.25, -0.2) is 4.98 Å². The molecule has 0 aliphatic carbocycles. The number of aromatic nitrogens is 1. The Balaban J connectivity index is 2.50. The topological polar surface area (TPSA) is 31.4 Å². The molecule has 0 saturated heterocycles. The predicted molar refractivity (Wildman–Crippen MR) is 44.7 cm³/mol. The van der Waals surface area contributed by atoms with Crippen molar-refractivity contribution in [2.75, 3.05) is 13.7 Å². The highest BCUT2D eigenvalue weighted by molar-refractivity contribution is 5.45. The van der Waals surface area contributed by atoms with Crippen molar-refractivity contribution in [3.8, 4) is 11.6 Å². The first-order valence-electron chi connectivity index (χ1n) is 3.98. The summed E-state index contributed by atoms with van der Waals surface area (Å²) in [5.74, 6) is 1.86. The Morgan fingerprint density at radius 3 is 3.25 bits per heavy atom. The van der Waals surface area contributed by atoms with E-state index in [-0.39, 0.29) is 0 Å². The fourth-order valence-electron chi connectivity index (χ4n) is 1.42. The van der Waals surface area contributed by atoms with Crippen LogP contribution in [-0.4, -0.2) is 18.7 Å². The molecule has 0 saturated carbocycles. The number of methoxy groups -OCH3 is 1. The third kappa shape index (κ3) is 0.932. The van der Waals surface area contributed by atoms with Gasteiger partial charge in [0.05, 0.1) is 13.7 Å². The van der Waals surface area contributed by atoms with Crippen LogP contribution in [0.5, 0.6) is 11.6 Å². The maximum atomic E-state index is 5.45. The van der Waals surface area contributed by atoms with E-state index in [0.717, 1.165) is 12.4 Å². The van der Waals surface area contributed by atoms with E-state index in [9.17, 15) is 0 Å². The van der Waals surface area contributed by atoms with Gasteiger partial charge in [-0.3, -0.25) is 0 Å². The number of ether oxygens (including phenoxy) is 2. The van der Waals surface area contributed by atoms with Gasteiger partial charge in [0, 0.05) is 17.7 Å². The van der Waals surface area contributed by atoms with Gasteiger partial charge in [-0.2, -0.15) is 0 Å². The average molecular weight is 165 g/mol. The maximum absolute atomic E-state index is 5.45. The second kappa shape index (κ2) is 2.66. The third-order valence-corrected chi connectivity index (χ3v) is 2.10. The van der Waals surface area contributed by atoms with Crippen LogP contribution in [0.4, 0.5) is 0 Å². The summed E-state index contributed by atoms with van der Waals surface area (Å²) >= 11 is 0. The fraction of sp³-hybridized carbons (Fsp3) is 0.444. The quantitative estimate of drug-likeness (QED) is 0.633. The van der Waals surface area contributed by atoms with Gasteiger partial charge in [0.2, 0.25) is 0 Å². The van der Waals surface area contributed by atoms with Gasteiger partial charge in [-0.15, -0.1) is 0 Å². The SMILES string of the molecule is COc1nccc2c1OCC2C. The van der Waals surface area contributed by atoms with Crippen LogP contribution in [0.15, 0.2) is 12.3 Å². The van der Waals surface area contributed by atoms with Gasteiger partial charge in [0.15, 0.2) is 5.75 Å². The van der Waals surface area contributed by atoms with Crippen LogP contribution in [0, 0.1) is 0 Å². The first kappa shape index (κ1) is 7.40. The van der Waals surface area contributed by atoms with Gasteiger partial charge in [-0.1, -0.05) is 6.92 Å². The lowest BCUT2D eigenvalue weighted by atomic mass is 10.1. The van der Waals surface area contributed by atoms with Gasteiger partial charge in [0.25, 0.3) is 5.88 Å². The van der Waals surface area contributed by atoms with Crippen LogP contribution < -0.4 is 9.47 Å². The molecule has 0 bridgehead atoms. The fourth-order valence-corrected chi connectivity index (χ4v) is 1.42. The Morgan fingerprint density at radius 1 is 1.67 bits per heavy atom. The zero-order chi connectivity index (χ0) is 8.55. The Morgan fingerprint density at radius 2 is 2.50 bits per heavy atom. The molecule has 3 heteroatoms. The van der Waals surface area contributed by atoms with E-state index in [1.165, 1.54) is 5.56 Å². The van der Waals surface area contributed by atoms with Crippen molar-refractivity contribution in [1.29, 1.82) is 0 Å². The zero-order valence-corrected chi connectivity index (χ0v) is 7.20. The molecule has 0 aromatic carbocycles. The van der Waals surface area contributed by atoms with Crippen molar-refractivity contribution in [3.63, 3.8) is 0 Å². The van der Waals surface area contributed by atoms with Crippen LogP contribution in [0.2, 0.25) is 0 Å². The molecule has 0 radical (unpaired) electrons. The predicted octanol–water partition coefficient (Wildman–Crippen LogP) is 1.59. The van der Waals surface area contributed by atoms with E-state index in [1.54, 1.807) is 13.3 Å². The standard InChI is InChI=1S/C9H11NO2/c1-6-5-12-8-7(6)3-4-10-9(8)11-2/h3-4,6H,5H2,1-2H3. The van der Waals surface area contributed by atoms with Crippen molar-refractivity contribution < 1.29 is 9.47 Å². The number of hydrogen-bond acceptors (Lipinski definition) is 3. The monoisotopic (exact) mass is 165 g/mol. The average Bonchev–Trinajstić information content (AvgIpc) is 2.48. The molecule has 64 valence electrons. The van der Waals surface area contributed by atoms with Crippen LogP contribution in [0.3, 0.4) is 0 Å². The minimum atomic E-state index is 0.455. The smallest absolute Gasteiger partial charge is 0.257 e. The Bertz CT molecular complexity index is 299. The highest BCUT2D eigenvalue weighted by Gasteiger charge is 2.23. The van der Waals surface area contributed by atoms with Gasteiger partial charge < -0.3 is 9.47 Å². The molecule has 1 aromatic heterocycles. The van der Waals surface area contributed by atoms with Gasteiger partial charge in [0.1, 0.15) is 0 Å². The van der Waals surface area contributed by atoms with Gasteiger partial charge in [-0.05, 0) is 6.07 Å². The molecule has 2 heterocycles. The minimum Gasteiger partial charge on any atom is -0.487 e. The van der Waals surface area contributed by atoms with E-state index in [2.05, 4.69) is 11.9 Å². The molecule has 1 aliphatic heterocycles. The molecule has 3 nitrogen and oxygen atoms in total. The second-order valence-corrected chi connectivity index (χ2v) is 2.95. The summed E-state index contributed by atoms with van der Waals surface area (Å²) in [6.45, 7) is 2.86. The summed E-state index contributed by atoms with van der Waals surface area (Å²) in [7, 11) is 1.61. The molecule has 12 heavy (non-hydrogen) atoms. The number of rotatable bonds is 1. The van der Waals surface area contributed by atoms with Crippen molar-refractivity contribution in [3.05, 3.63) is 17.8 Å². The Kier molecular flexibility index (Phi) is 1.64. The van der Waals surface area contributed by atoms with E-state index in [4.69, 9.17) is 9.47 Å². The van der Waals surface area contributed by atoms with Crippen LogP contribution in [0.1, 0.15) is 18.4 Å². The number of nitrogens with zero attached hydrogens (tertiary/aromatic N) is 1. The van der Waals surface area contributed by atoms with Crippen LogP contribution in [0.25, 0.3) is 0 Å². The lowest BCUT2D eigenvalue weighted by molar-refractivity contribution is 0.308. The molecular weight excluding hydrogens is 154 g/mol. The van der Waals surface area contributed by atoms with Gasteiger partial charge >= 0.3 is 0 Å². The van der Waals surface area contributed by atoms with E-state index in [1.807, 2.05) is 6.07 Å². The summed E-state index contributed by atoms with van der Waals surface area (Å²) in [5, 5.41) is 0. The van der Waals surface area contributed by atoms with Crippen molar-refractivity contribution in [1.82, 2.24) is 4.98 Å². The lowest BCUT2D eigenvalue weighted by Gasteiger charge is -2.03. The highest BCUT2D eigenvalue weighted by Crippen LogP contribution is 2.38. The molecular formula is C9H11NO2. The number of fused-ring (bicyclic) bond motifs is 1. The summed E-state index contributed by atoms with van der Waals surface area (Å²) in [4.78, 5) is 4.06. The molecule has 0 fully saturated rings. The summed E-state index contributed by atoms with van der Waals surface area (Å²) in [5.41, 5.74) is 1.20. The molecule has 1 unspecified atom stereocenters. The molecule has 1 atom stereocenters. The van der Waals surface area contributed by atoms with E-state index in [0.29, 0.717) is 11.8 Å². The maximum Gasteiger partial charge on any atom is 0.257 e. The molecule has 1 aliphatic rings. The first-order chi connectivity index (χ1) is 5.83. The van der Waals surface area contributed by atoms with E-state index >= 15 is 0 Å². The summed E-state index contributed by atoms with van der Waals surface area (Å²) in [6.07, 6.45) is 1.75. The second-order valence-electron chi connectivity index (χ2n) is 2.95. The third-order valence-electron chi connectivity index (χ3n) is 2.10. The normalized spacial score (nSPS) is 20.0. The largest absolute Gasteiger partial charge is 0.487 e. The lowest BCUT2D eigenvalue weighted by Crippen LogP contribution is -1.93. The summed E-state index contributed by atoms with van der Waals surface area (Å²) in [6, 6.07) is 1.98. The zero-order valence-electron chi connectivity index (χ0n) is 7.20. The Hall–Kier alpha value is -1.25. The molecule has 0 spiro atoms. The highest BCUT2D eigenvalue weighted by atomic mass is 16.5. The minimum absolute atomic E-state index is 0.455. The van der Waals surface area contributed by atoms with Crippen molar-refractivity contribution >= 4 is 0 Å². The summed E-state index contributed by atoms with van der Waals surface area (Å²) < 4.78 is 10.5. The molecule has 0 N–H and O–H groups in total. The molecule has 0 amide bonds. The number of hydrogen-bond donors (Lipinski definition) is 0. The molecule has 1 aromatic rings. The Labute approximate surface area is 71.3 Å². The molecule has 2 rings (SSSR count). The van der Waals surface area contributed by atoms with E-state index < -0.39 is 0 Å². The van der Waals surface area contributed by atoms with Crippen LogP contribution in [-0.2, 0) is 0 Å². The van der Waals surface area contributed by atoms with Crippen molar-refractivity contribution in [2.24, 2.45) is 0 Å².